The number of anilines is 2. The molecule has 376 valence electrons. The van der Waals surface area contributed by atoms with Crippen molar-refractivity contribution in [2.24, 2.45) is 0 Å². The highest BCUT2D eigenvalue weighted by Gasteiger charge is 2.26. The molecule has 1 aliphatic heterocycles. The molecule has 4 N–H and O–H groups in total. The highest BCUT2D eigenvalue weighted by Crippen LogP contribution is 2.43. The highest BCUT2D eigenvalue weighted by atomic mass is 16.3. The minimum absolute atomic E-state index is 0.0306. The Morgan fingerprint density at radius 3 is 1.93 bits per heavy atom. The van der Waals surface area contributed by atoms with E-state index in [1.165, 1.54) is 19.8 Å². The second-order valence-electron chi connectivity index (χ2n) is 18.0. The molecule has 2 aliphatic rings. The summed E-state index contributed by atoms with van der Waals surface area (Å²) >= 11 is 0. The average Bonchev–Trinajstić information content (AvgIpc) is 3.33. The molecule has 0 saturated heterocycles. The summed E-state index contributed by atoms with van der Waals surface area (Å²) in [6.07, 6.45) is 11.9. The molecule has 0 aromatic heterocycles. The van der Waals surface area contributed by atoms with E-state index < -0.39 is 6.04 Å². The van der Waals surface area contributed by atoms with Gasteiger partial charge in [0.05, 0.1) is 6.07 Å². The maximum absolute atomic E-state index is 14.5. The Morgan fingerprint density at radius 2 is 1.30 bits per heavy atom. The SMILES string of the molecule is C=C(C)C(=O)NCCCCCCCCCCCC(=O)NCCCC[C@H](NC(C)=O)C(=O)Nc1ccc(-c2c3ccc(=[N+](CC)CC)cc-3oc3cc(N(CC)CC)ccc23)c(C(=O)N(CC)CC)c1. The van der Waals surface area contributed by atoms with Crippen molar-refractivity contribution < 1.29 is 28.4 Å². The van der Waals surface area contributed by atoms with Crippen molar-refractivity contribution in [1.29, 1.82) is 0 Å². The van der Waals surface area contributed by atoms with E-state index >= 15 is 0 Å². The fourth-order valence-electron chi connectivity index (χ4n) is 8.96. The lowest BCUT2D eigenvalue weighted by molar-refractivity contribution is -0.125. The van der Waals surface area contributed by atoms with Crippen molar-refractivity contribution in [3.8, 4) is 22.5 Å². The number of benzene rings is 3. The maximum Gasteiger partial charge on any atom is 0.254 e. The number of carbonyl (C=O) groups is 5. The third-order valence-electron chi connectivity index (χ3n) is 13.0. The minimum Gasteiger partial charge on any atom is -0.456 e. The van der Waals surface area contributed by atoms with Crippen LogP contribution < -0.4 is 36.1 Å². The van der Waals surface area contributed by atoms with Crippen LogP contribution in [0.1, 0.15) is 149 Å². The van der Waals surface area contributed by atoms with Crippen LogP contribution in [0.5, 0.6) is 0 Å². The van der Waals surface area contributed by atoms with E-state index in [0.717, 1.165) is 104 Å². The number of fused-ring (bicyclic) bond motifs is 2. The standard InChI is InChI=1S/C56H81N7O6/c1-10-61(11-2)43-30-33-46-50(38-43)69-51-39-44(62(12-3)13-4)31-34-47(51)53(46)45-32-29-42(37-48(45)56(68)63(14-5)15-6)60-55(67)49(59-41(9)64)27-24-26-35-57-52(65)28-23-21-19-17-16-18-20-22-25-36-58-54(66)40(7)8/h29-34,37-39,49H,7,10-28,35-36H2,1-6,8-9H3,(H3,57,58,59,64,65,66)/p+1/t49-/m0/s1. The lowest BCUT2D eigenvalue weighted by Gasteiger charge is -2.24. The van der Waals surface area contributed by atoms with Crippen molar-refractivity contribution in [2.45, 2.75) is 145 Å². The number of unbranched alkanes of at least 4 members (excludes halogenated alkanes) is 9. The van der Waals surface area contributed by atoms with Gasteiger partial charge in [0.2, 0.25) is 29.0 Å². The summed E-state index contributed by atoms with van der Waals surface area (Å²) < 4.78 is 9.01. The highest BCUT2D eigenvalue weighted by molar-refractivity contribution is 6.10. The molecule has 1 heterocycles. The van der Waals surface area contributed by atoms with Crippen LogP contribution in [0, 0.1) is 0 Å². The summed E-state index contributed by atoms with van der Waals surface area (Å²) in [6, 6.07) is 17.2. The second kappa shape index (κ2) is 29.1. The molecule has 0 spiro atoms. The van der Waals surface area contributed by atoms with Gasteiger partial charge in [-0.1, -0.05) is 57.6 Å². The van der Waals surface area contributed by atoms with Gasteiger partial charge in [-0.2, -0.15) is 0 Å². The molecule has 5 amide bonds. The molecule has 13 nitrogen and oxygen atoms in total. The van der Waals surface area contributed by atoms with Gasteiger partial charge in [-0.25, -0.2) is 4.58 Å². The second-order valence-corrected chi connectivity index (χ2v) is 18.0. The van der Waals surface area contributed by atoms with Gasteiger partial charge in [0, 0.05) is 104 Å². The van der Waals surface area contributed by atoms with Crippen LogP contribution in [0.25, 0.3) is 33.4 Å². The van der Waals surface area contributed by atoms with Gasteiger partial charge in [0.25, 0.3) is 5.91 Å². The Hall–Kier alpha value is -5.98. The smallest absolute Gasteiger partial charge is 0.254 e. The molecular weight excluding hydrogens is 867 g/mol. The zero-order chi connectivity index (χ0) is 50.3. The van der Waals surface area contributed by atoms with Crippen LogP contribution in [-0.4, -0.2) is 92.8 Å². The first-order chi connectivity index (χ1) is 33.3. The van der Waals surface area contributed by atoms with E-state index in [1.807, 2.05) is 26.0 Å². The summed E-state index contributed by atoms with van der Waals surface area (Å²) in [6.45, 7) is 24.8. The summed E-state index contributed by atoms with van der Waals surface area (Å²) in [5, 5.41) is 13.6. The molecule has 69 heavy (non-hydrogen) atoms. The van der Waals surface area contributed by atoms with Crippen molar-refractivity contribution >= 4 is 51.9 Å². The third-order valence-corrected chi connectivity index (χ3v) is 13.0. The average molecular weight is 949 g/mol. The summed E-state index contributed by atoms with van der Waals surface area (Å²) in [5.41, 5.74) is 5.66. The van der Waals surface area contributed by atoms with Crippen LogP contribution in [0.3, 0.4) is 0 Å². The maximum atomic E-state index is 14.5. The summed E-state index contributed by atoms with van der Waals surface area (Å²) in [5.74, 6) is -0.190. The number of nitrogens with zero attached hydrogens (tertiary/aromatic N) is 3. The van der Waals surface area contributed by atoms with Crippen molar-refractivity contribution in [2.75, 3.05) is 62.6 Å². The first kappa shape index (κ1) is 55.6. The fraction of sp³-hybridized carbons (Fsp3) is 0.536. The normalized spacial score (nSPS) is 11.5. The predicted molar refractivity (Wildman–Crippen MR) is 283 cm³/mol. The Balaban J connectivity index is 1.43. The molecule has 0 radical (unpaired) electrons. The van der Waals surface area contributed by atoms with Crippen molar-refractivity contribution in [1.82, 2.24) is 25.4 Å². The number of hydrogen-bond donors (Lipinski definition) is 4. The first-order valence-electron chi connectivity index (χ1n) is 25.9. The van der Waals surface area contributed by atoms with Crippen LogP contribution in [-0.2, 0) is 19.2 Å². The van der Waals surface area contributed by atoms with E-state index in [-0.39, 0.29) is 29.5 Å². The molecule has 0 fully saturated rings. The first-order valence-corrected chi connectivity index (χ1v) is 25.9. The quantitative estimate of drug-likeness (QED) is 0.0176. The van der Waals surface area contributed by atoms with E-state index in [0.29, 0.717) is 80.0 Å². The fourth-order valence-corrected chi connectivity index (χ4v) is 8.96. The number of carbonyl (C=O) groups excluding carboxylic acids is 5. The number of rotatable bonds is 30. The molecule has 4 rings (SSSR count). The molecule has 0 unspecified atom stereocenters. The van der Waals surface area contributed by atoms with Crippen LogP contribution in [0.2, 0.25) is 0 Å². The van der Waals surface area contributed by atoms with Gasteiger partial charge in [-0.3, -0.25) is 24.0 Å². The molecule has 13 heteroatoms. The number of nitrogens with one attached hydrogen (secondary N) is 4. The largest absolute Gasteiger partial charge is 0.456 e. The number of hydrogen-bond acceptors (Lipinski definition) is 7. The van der Waals surface area contributed by atoms with E-state index in [9.17, 15) is 24.0 Å². The van der Waals surface area contributed by atoms with Gasteiger partial charge in [-0.05, 0) is 116 Å². The Morgan fingerprint density at radius 1 is 0.681 bits per heavy atom. The van der Waals surface area contributed by atoms with E-state index in [1.54, 1.807) is 17.9 Å². The van der Waals surface area contributed by atoms with Crippen molar-refractivity contribution in [3.63, 3.8) is 0 Å². The van der Waals surface area contributed by atoms with Gasteiger partial charge in [-0.15, -0.1) is 0 Å². The monoisotopic (exact) mass is 949 g/mol. The molecule has 1 aliphatic carbocycles. The van der Waals surface area contributed by atoms with Gasteiger partial charge < -0.3 is 35.5 Å². The van der Waals surface area contributed by atoms with E-state index in [4.69, 9.17) is 4.42 Å². The van der Waals surface area contributed by atoms with Crippen LogP contribution in [0.4, 0.5) is 11.4 Å². The van der Waals surface area contributed by atoms with Gasteiger partial charge >= 0.3 is 0 Å². The summed E-state index contributed by atoms with van der Waals surface area (Å²) in [7, 11) is 0. The molecule has 1 atom stereocenters. The van der Waals surface area contributed by atoms with E-state index in [2.05, 4.69) is 101 Å². The van der Waals surface area contributed by atoms with Crippen LogP contribution in [0.15, 0.2) is 71.2 Å². The third kappa shape index (κ3) is 16.6. The molecule has 0 saturated carbocycles. The van der Waals surface area contributed by atoms with Crippen LogP contribution >= 0.6 is 0 Å². The van der Waals surface area contributed by atoms with Gasteiger partial charge in [0.1, 0.15) is 30.5 Å². The molecule has 2 aromatic rings. The predicted octanol–water partition coefficient (Wildman–Crippen LogP) is 9.67. The van der Waals surface area contributed by atoms with Gasteiger partial charge in [0.15, 0.2) is 0 Å². The summed E-state index contributed by atoms with van der Waals surface area (Å²) in [4.78, 5) is 69.0. The lowest BCUT2D eigenvalue weighted by atomic mass is 9.89. The molecular formula is C56H82N7O6+. The minimum atomic E-state index is -0.808. The number of amides is 5. The molecule has 2 aromatic carbocycles. The Labute approximate surface area is 411 Å². The Bertz CT molecular complexity index is 2370. The van der Waals surface area contributed by atoms with Crippen molar-refractivity contribution in [3.05, 3.63) is 77.7 Å². The zero-order valence-electron chi connectivity index (χ0n) is 43.1. The topological polar surface area (TPSA) is 156 Å². The molecule has 0 bridgehead atoms. The Kier molecular flexibility index (Phi) is 23.5. The lowest BCUT2D eigenvalue weighted by Crippen LogP contribution is -2.43. The zero-order valence-corrected chi connectivity index (χ0v) is 43.1.